The van der Waals surface area contributed by atoms with Gasteiger partial charge in [-0.3, -0.25) is 9.59 Å². The Labute approximate surface area is 111 Å². The number of rotatable bonds is 2. The predicted octanol–water partition coefficient (Wildman–Crippen LogP) is -1.51. The third kappa shape index (κ3) is 11.5. The Morgan fingerprint density at radius 1 is 0.824 bits per heavy atom. The molecule has 0 aliphatic heterocycles. The van der Waals surface area contributed by atoms with Gasteiger partial charge < -0.3 is 9.11 Å². The summed E-state index contributed by atoms with van der Waals surface area (Å²) in [5.74, 6) is 0. The molecule has 0 bridgehead atoms. The molecule has 0 aromatic carbocycles. The van der Waals surface area contributed by atoms with Crippen LogP contribution in [0.15, 0.2) is 25.3 Å². The van der Waals surface area contributed by atoms with E-state index < -0.39 is 30.5 Å². The topological polar surface area (TPSA) is 149 Å². The zero-order valence-corrected chi connectivity index (χ0v) is 13.0. The minimum Gasteiger partial charge on any atom is -0.742 e. The molecule has 0 unspecified atom stereocenters. The van der Waals surface area contributed by atoms with E-state index in [4.69, 9.17) is 0 Å². The average Bonchev–Trinajstić information content (AvgIpc) is 2.13. The first-order valence-corrected chi connectivity index (χ1v) is 6.03. The third-order valence-corrected chi connectivity index (χ3v) is 2.15. The van der Waals surface area contributed by atoms with E-state index in [2.05, 4.69) is 13.2 Å². The van der Waals surface area contributed by atoms with Gasteiger partial charge in [-0.15, -0.1) is 0 Å². The number of hydrogen-bond donors (Lipinski definition) is 0. The molecule has 0 heterocycles. The molecular weight excluding hydrogens is 330 g/mol. The third-order valence-electron chi connectivity index (χ3n) is 0.826. The van der Waals surface area contributed by atoms with E-state index in [1.54, 1.807) is 0 Å². The first kappa shape index (κ1) is 21.5. The Balaban J connectivity index is -0.000000218. The van der Waals surface area contributed by atoms with Crippen LogP contribution in [0.5, 0.6) is 0 Å². The fourth-order valence-corrected chi connectivity index (χ4v) is 0.612. The average molecular weight is 336 g/mol. The van der Waals surface area contributed by atoms with Crippen LogP contribution in [0.25, 0.3) is 0 Å². The summed E-state index contributed by atoms with van der Waals surface area (Å²) in [5.41, 5.74) is 0. The van der Waals surface area contributed by atoms with Gasteiger partial charge in [-0.25, -0.2) is 16.8 Å². The van der Waals surface area contributed by atoms with E-state index in [9.17, 15) is 35.5 Å². The first-order chi connectivity index (χ1) is 6.96. The second kappa shape index (κ2) is 8.37. The minimum atomic E-state index is -4.76. The molecule has 8 nitrogen and oxygen atoms in total. The van der Waals surface area contributed by atoms with Crippen LogP contribution >= 0.6 is 0 Å². The zero-order chi connectivity index (χ0) is 13.6. The molecule has 92 valence electrons. The maximum absolute atomic E-state index is 9.81. The van der Waals surface area contributed by atoms with Gasteiger partial charge in [-0.1, -0.05) is 13.2 Å². The van der Waals surface area contributed by atoms with Crippen LogP contribution < -0.4 is 0 Å². The van der Waals surface area contributed by atoms with Crippen molar-refractivity contribution < 1.29 is 55.0 Å². The Kier molecular flexibility index (Phi) is 10.6. The summed E-state index contributed by atoms with van der Waals surface area (Å²) in [7, 11) is -9.52. The molecule has 17 heavy (non-hydrogen) atoms. The van der Waals surface area contributed by atoms with Crippen molar-refractivity contribution in [1.82, 2.24) is 0 Å². The van der Waals surface area contributed by atoms with Crippen molar-refractivity contribution in [2.24, 2.45) is 0 Å². The Hall–Kier alpha value is -0.737. The molecular formula is C6H6O8S2Zn. The number of hydrogen-bond acceptors (Lipinski definition) is 8. The van der Waals surface area contributed by atoms with Crippen molar-refractivity contribution in [3.8, 4) is 0 Å². The van der Waals surface area contributed by atoms with Gasteiger partial charge in [-0.05, 0) is 12.2 Å². The van der Waals surface area contributed by atoms with Crippen LogP contribution in [0, 0.1) is 0 Å². The second-order valence-electron chi connectivity index (χ2n) is 1.95. The molecule has 0 saturated carbocycles. The number of carbonyl (C=O) groups excluding carboxylic acids is 2. The van der Waals surface area contributed by atoms with Crippen LogP contribution in [0.1, 0.15) is 0 Å². The van der Waals surface area contributed by atoms with Gasteiger partial charge in [-0.2, -0.15) is 0 Å². The van der Waals surface area contributed by atoms with Crippen molar-refractivity contribution in [2.45, 2.75) is 0 Å². The largest absolute Gasteiger partial charge is 2.00 e. The van der Waals surface area contributed by atoms with Gasteiger partial charge in [0.15, 0.2) is 20.2 Å². The smallest absolute Gasteiger partial charge is 0.742 e. The van der Waals surface area contributed by atoms with Gasteiger partial charge in [0.25, 0.3) is 10.2 Å². The fraction of sp³-hybridized carbons (Fsp3) is 0. The SMILES string of the molecule is C=CC(=O)S(=O)(=O)[O-].C=CC(=O)S(=O)(=O)[O-].[Zn+2]. The Morgan fingerprint density at radius 2 is 1.00 bits per heavy atom. The summed E-state index contributed by atoms with van der Waals surface area (Å²) in [6.07, 6.45) is 0.921. The van der Waals surface area contributed by atoms with Crippen molar-refractivity contribution >= 4 is 30.5 Å². The first-order valence-electron chi connectivity index (χ1n) is 3.21. The van der Waals surface area contributed by atoms with E-state index in [0.29, 0.717) is 12.2 Å². The molecule has 0 spiro atoms. The van der Waals surface area contributed by atoms with Crippen molar-refractivity contribution in [3.63, 3.8) is 0 Å². The summed E-state index contributed by atoms with van der Waals surface area (Å²) >= 11 is 0. The maximum atomic E-state index is 9.81. The van der Waals surface area contributed by atoms with Crippen LogP contribution in [-0.2, 0) is 49.3 Å². The molecule has 11 heteroatoms. The molecule has 0 radical (unpaired) electrons. The summed E-state index contributed by atoms with van der Waals surface area (Å²) < 4.78 is 57.5. The summed E-state index contributed by atoms with van der Waals surface area (Å²) in [6, 6.07) is 0. The van der Waals surface area contributed by atoms with Gasteiger partial charge in [0.2, 0.25) is 0 Å². The molecule has 0 aromatic heterocycles. The van der Waals surface area contributed by atoms with Crippen LogP contribution in [0.3, 0.4) is 0 Å². The monoisotopic (exact) mass is 334 g/mol. The normalized spacial score (nSPS) is 10.0. The fourth-order valence-electron chi connectivity index (χ4n) is 0.204. The van der Waals surface area contributed by atoms with Gasteiger partial charge in [0, 0.05) is 0 Å². The van der Waals surface area contributed by atoms with Crippen molar-refractivity contribution in [3.05, 3.63) is 25.3 Å². The standard InChI is InChI=1S/2C3H4O4S.Zn/c2*1-2-3(4)8(5,6)7;/h2*2H,1H2,(H,5,6,7);/q;;+2/p-2. The summed E-state index contributed by atoms with van der Waals surface area (Å²) in [5, 5.41) is -2.98. The quantitative estimate of drug-likeness (QED) is 0.335. The van der Waals surface area contributed by atoms with E-state index in [1.807, 2.05) is 0 Å². The molecule has 0 fully saturated rings. The second-order valence-corrected chi connectivity index (χ2v) is 4.58. The molecule has 0 aliphatic rings. The van der Waals surface area contributed by atoms with Crippen LogP contribution in [0.2, 0.25) is 0 Å². The predicted molar refractivity (Wildman–Crippen MR) is 49.8 cm³/mol. The molecule has 0 aromatic rings. The summed E-state index contributed by atoms with van der Waals surface area (Å²) in [6.45, 7) is 5.60. The van der Waals surface area contributed by atoms with Crippen molar-refractivity contribution in [2.75, 3.05) is 0 Å². The minimum absolute atomic E-state index is 0. The van der Waals surface area contributed by atoms with E-state index in [0.717, 1.165) is 0 Å². The zero-order valence-electron chi connectivity index (χ0n) is 8.36. The maximum Gasteiger partial charge on any atom is 2.00 e. The van der Waals surface area contributed by atoms with E-state index in [1.165, 1.54) is 0 Å². The molecule has 0 amide bonds. The Morgan fingerprint density at radius 3 is 1.00 bits per heavy atom. The molecule has 0 saturated heterocycles. The Bertz CT molecular complexity index is 452. The van der Waals surface area contributed by atoms with Gasteiger partial charge >= 0.3 is 19.5 Å². The van der Waals surface area contributed by atoms with E-state index in [-0.39, 0.29) is 19.5 Å². The van der Waals surface area contributed by atoms with Gasteiger partial charge in [0.1, 0.15) is 0 Å². The van der Waals surface area contributed by atoms with Crippen molar-refractivity contribution in [1.29, 1.82) is 0 Å². The molecule has 0 atom stereocenters. The molecule has 0 aliphatic carbocycles. The summed E-state index contributed by atoms with van der Waals surface area (Å²) in [4.78, 5) is 19.6. The van der Waals surface area contributed by atoms with Crippen LogP contribution in [0.4, 0.5) is 0 Å². The molecule has 0 N–H and O–H groups in total. The molecule has 0 rings (SSSR count). The van der Waals surface area contributed by atoms with E-state index >= 15 is 0 Å². The number of carbonyl (C=O) groups is 2. The van der Waals surface area contributed by atoms with Gasteiger partial charge in [0.05, 0.1) is 0 Å². The van der Waals surface area contributed by atoms with Crippen LogP contribution in [-0.4, -0.2) is 36.2 Å².